The summed E-state index contributed by atoms with van der Waals surface area (Å²) in [6.45, 7) is 3.44. The van der Waals surface area contributed by atoms with Gasteiger partial charge in [-0.3, -0.25) is 19.5 Å². The molecule has 0 aromatic carbocycles. The first-order chi connectivity index (χ1) is 12.4. The highest BCUT2D eigenvalue weighted by Crippen LogP contribution is 2.21. The minimum atomic E-state index is -0.591. The SMILES string of the molecule is CCC(NC(=O)c1ccncc1)c1nc(C(=O)N(C)C(=O)NC)c(C)o1. The largest absolute Gasteiger partial charge is 0.443 e. The number of aromatic nitrogens is 2. The van der Waals surface area contributed by atoms with Gasteiger partial charge in [-0.2, -0.15) is 0 Å². The smallest absolute Gasteiger partial charge is 0.323 e. The summed E-state index contributed by atoms with van der Waals surface area (Å²) in [4.78, 5) is 45.3. The molecule has 9 nitrogen and oxygen atoms in total. The summed E-state index contributed by atoms with van der Waals surface area (Å²) in [7, 11) is 2.77. The number of carbonyl (C=O) groups excluding carboxylic acids is 3. The Hall–Kier alpha value is -3.23. The molecule has 0 aliphatic rings. The number of nitrogens with zero attached hydrogens (tertiary/aromatic N) is 3. The summed E-state index contributed by atoms with van der Waals surface area (Å²) in [6, 6.07) is 2.12. The maximum absolute atomic E-state index is 12.4. The van der Waals surface area contributed by atoms with Gasteiger partial charge in [0.2, 0.25) is 5.89 Å². The van der Waals surface area contributed by atoms with E-state index in [9.17, 15) is 14.4 Å². The van der Waals surface area contributed by atoms with Gasteiger partial charge in [-0.1, -0.05) is 6.92 Å². The molecular weight excluding hydrogens is 338 g/mol. The van der Waals surface area contributed by atoms with Crippen LogP contribution in [0.2, 0.25) is 0 Å². The van der Waals surface area contributed by atoms with Crippen LogP contribution in [0.4, 0.5) is 4.79 Å². The van der Waals surface area contributed by atoms with Crippen LogP contribution in [0, 0.1) is 6.92 Å². The highest BCUT2D eigenvalue weighted by molar-refractivity contribution is 6.03. The first-order valence-corrected chi connectivity index (χ1v) is 8.07. The van der Waals surface area contributed by atoms with Gasteiger partial charge in [0.05, 0.1) is 0 Å². The van der Waals surface area contributed by atoms with Crippen LogP contribution in [0.1, 0.15) is 51.9 Å². The first-order valence-electron chi connectivity index (χ1n) is 8.07. The van der Waals surface area contributed by atoms with E-state index in [4.69, 9.17) is 4.42 Å². The quantitative estimate of drug-likeness (QED) is 0.838. The lowest BCUT2D eigenvalue weighted by Crippen LogP contribution is -2.39. The normalized spacial score (nSPS) is 11.5. The monoisotopic (exact) mass is 359 g/mol. The topological polar surface area (TPSA) is 117 Å². The predicted octanol–water partition coefficient (Wildman–Crippen LogP) is 1.67. The van der Waals surface area contributed by atoms with E-state index in [0.29, 0.717) is 12.0 Å². The fourth-order valence-electron chi connectivity index (χ4n) is 2.27. The minimum Gasteiger partial charge on any atom is -0.443 e. The van der Waals surface area contributed by atoms with Crippen molar-refractivity contribution < 1.29 is 18.8 Å². The molecule has 0 bridgehead atoms. The second kappa shape index (κ2) is 8.24. The number of hydrogen-bond acceptors (Lipinski definition) is 6. The number of oxazole rings is 1. The van der Waals surface area contributed by atoms with E-state index < -0.39 is 18.0 Å². The number of rotatable bonds is 5. The van der Waals surface area contributed by atoms with Crippen LogP contribution in [0.25, 0.3) is 0 Å². The van der Waals surface area contributed by atoms with Gasteiger partial charge in [-0.15, -0.1) is 0 Å². The third kappa shape index (κ3) is 4.05. The number of hydrogen-bond donors (Lipinski definition) is 2. The third-order valence-corrected chi connectivity index (χ3v) is 3.79. The summed E-state index contributed by atoms with van der Waals surface area (Å²) >= 11 is 0. The molecule has 0 saturated carbocycles. The highest BCUT2D eigenvalue weighted by atomic mass is 16.4. The zero-order valence-electron chi connectivity index (χ0n) is 15.1. The lowest BCUT2D eigenvalue weighted by atomic mass is 10.2. The van der Waals surface area contributed by atoms with Crippen molar-refractivity contribution in [2.75, 3.05) is 14.1 Å². The molecule has 4 amide bonds. The number of nitrogens with one attached hydrogen (secondary N) is 2. The van der Waals surface area contributed by atoms with E-state index in [1.165, 1.54) is 26.5 Å². The standard InChI is InChI=1S/C17H21N5O4/c1-5-12(20-14(23)11-6-8-19-9-7-11)15-21-13(10(2)26-15)16(24)22(4)17(25)18-3/h6-9,12H,5H2,1-4H3,(H,18,25)(H,20,23). The summed E-state index contributed by atoms with van der Waals surface area (Å²) in [5, 5.41) is 5.18. The molecule has 1 unspecified atom stereocenters. The Balaban J connectivity index is 2.20. The maximum atomic E-state index is 12.4. The lowest BCUT2D eigenvalue weighted by Gasteiger charge is -2.14. The van der Waals surface area contributed by atoms with Crippen molar-refractivity contribution in [1.29, 1.82) is 0 Å². The molecule has 2 heterocycles. The second-order valence-corrected chi connectivity index (χ2v) is 5.55. The first kappa shape index (κ1) is 19.1. The van der Waals surface area contributed by atoms with E-state index in [-0.39, 0.29) is 23.3 Å². The van der Waals surface area contributed by atoms with E-state index in [1.807, 2.05) is 6.92 Å². The molecule has 0 aliphatic heterocycles. The van der Waals surface area contributed by atoms with E-state index in [0.717, 1.165) is 4.90 Å². The van der Waals surface area contributed by atoms with Crippen LogP contribution in [-0.4, -0.2) is 46.8 Å². The fourth-order valence-corrected chi connectivity index (χ4v) is 2.27. The van der Waals surface area contributed by atoms with Crippen molar-refractivity contribution in [2.45, 2.75) is 26.3 Å². The number of imide groups is 1. The van der Waals surface area contributed by atoms with Crippen molar-refractivity contribution in [3.63, 3.8) is 0 Å². The number of urea groups is 1. The number of aryl methyl sites for hydroxylation is 1. The zero-order chi connectivity index (χ0) is 19.3. The second-order valence-electron chi connectivity index (χ2n) is 5.55. The summed E-state index contributed by atoms with van der Waals surface area (Å²) in [6.07, 6.45) is 3.56. The fraction of sp³-hybridized carbons (Fsp3) is 0.353. The Morgan fingerprint density at radius 1 is 1.27 bits per heavy atom. The van der Waals surface area contributed by atoms with E-state index in [1.54, 1.807) is 19.1 Å². The van der Waals surface area contributed by atoms with Crippen LogP contribution >= 0.6 is 0 Å². The van der Waals surface area contributed by atoms with Crippen LogP contribution < -0.4 is 10.6 Å². The van der Waals surface area contributed by atoms with Crippen molar-refractivity contribution in [3.05, 3.63) is 47.4 Å². The average molecular weight is 359 g/mol. The molecule has 138 valence electrons. The Bertz CT molecular complexity index is 803. The van der Waals surface area contributed by atoms with Gasteiger partial charge >= 0.3 is 6.03 Å². The molecule has 2 N–H and O–H groups in total. The van der Waals surface area contributed by atoms with Crippen LogP contribution in [0.3, 0.4) is 0 Å². The van der Waals surface area contributed by atoms with Crippen molar-refractivity contribution in [2.24, 2.45) is 0 Å². The van der Waals surface area contributed by atoms with Gasteiger partial charge in [-0.25, -0.2) is 9.78 Å². The molecular formula is C17H21N5O4. The van der Waals surface area contributed by atoms with Crippen molar-refractivity contribution in [3.8, 4) is 0 Å². The van der Waals surface area contributed by atoms with Gasteiger partial charge in [0.25, 0.3) is 11.8 Å². The van der Waals surface area contributed by atoms with Crippen molar-refractivity contribution >= 4 is 17.8 Å². The van der Waals surface area contributed by atoms with Crippen LogP contribution in [0.15, 0.2) is 28.9 Å². The van der Waals surface area contributed by atoms with Crippen LogP contribution in [-0.2, 0) is 0 Å². The Labute approximate surface area is 150 Å². The number of carbonyl (C=O) groups is 3. The van der Waals surface area contributed by atoms with Crippen molar-refractivity contribution in [1.82, 2.24) is 25.5 Å². The molecule has 2 aromatic heterocycles. The Morgan fingerprint density at radius 2 is 1.92 bits per heavy atom. The molecule has 1 atom stereocenters. The Morgan fingerprint density at radius 3 is 2.50 bits per heavy atom. The molecule has 0 aliphatic carbocycles. The highest BCUT2D eigenvalue weighted by Gasteiger charge is 2.27. The molecule has 9 heteroatoms. The Kier molecular flexibility index (Phi) is 6.05. The molecule has 2 rings (SSSR count). The zero-order valence-corrected chi connectivity index (χ0v) is 15.1. The average Bonchev–Trinajstić information content (AvgIpc) is 3.06. The summed E-state index contributed by atoms with van der Waals surface area (Å²) < 4.78 is 5.57. The van der Waals surface area contributed by atoms with Gasteiger partial charge in [0.15, 0.2) is 5.69 Å². The summed E-state index contributed by atoms with van der Waals surface area (Å²) in [5.74, 6) is -0.406. The van der Waals surface area contributed by atoms with Gasteiger partial charge in [0, 0.05) is 32.1 Å². The van der Waals surface area contributed by atoms with E-state index in [2.05, 4.69) is 20.6 Å². The van der Waals surface area contributed by atoms with E-state index >= 15 is 0 Å². The lowest BCUT2D eigenvalue weighted by molar-refractivity contribution is 0.0825. The van der Waals surface area contributed by atoms with Gasteiger partial charge < -0.3 is 15.1 Å². The number of pyridine rings is 1. The molecule has 2 aromatic rings. The number of amides is 4. The molecule has 26 heavy (non-hydrogen) atoms. The minimum absolute atomic E-state index is 0.0303. The predicted molar refractivity (Wildman–Crippen MR) is 92.5 cm³/mol. The maximum Gasteiger partial charge on any atom is 0.323 e. The van der Waals surface area contributed by atoms with Crippen LogP contribution in [0.5, 0.6) is 0 Å². The molecule has 0 saturated heterocycles. The summed E-state index contributed by atoms with van der Waals surface area (Å²) in [5.41, 5.74) is 0.486. The van der Waals surface area contributed by atoms with Gasteiger partial charge in [0.1, 0.15) is 11.8 Å². The van der Waals surface area contributed by atoms with Gasteiger partial charge in [-0.05, 0) is 25.5 Å². The molecule has 0 fully saturated rings. The third-order valence-electron chi connectivity index (χ3n) is 3.79. The molecule has 0 spiro atoms. The molecule has 0 radical (unpaired) electrons.